The third-order valence-electron chi connectivity index (χ3n) is 5.53. The number of aromatic amines is 1. The third-order valence-corrected chi connectivity index (χ3v) is 5.53. The van der Waals surface area contributed by atoms with Gasteiger partial charge in [0.2, 0.25) is 5.56 Å². The lowest BCUT2D eigenvalue weighted by Crippen LogP contribution is -2.27. The molecule has 2 N–H and O–H groups in total. The van der Waals surface area contributed by atoms with Crippen LogP contribution in [0.25, 0.3) is 11.3 Å². The Hall–Kier alpha value is -3.15. The van der Waals surface area contributed by atoms with Gasteiger partial charge in [-0.15, -0.1) is 0 Å². The van der Waals surface area contributed by atoms with Crippen molar-refractivity contribution in [3.8, 4) is 11.3 Å². The van der Waals surface area contributed by atoms with Crippen LogP contribution in [0, 0.1) is 0 Å². The molecule has 1 aliphatic heterocycles. The third kappa shape index (κ3) is 2.87. The van der Waals surface area contributed by atoms with Crippen molar-refractivity contribution in [1.29, 1.82) is 0 Å². The first kappa shape index (κ1) is 16.1. The Bertz CT molecular complexity index is 1050. The fraction of sp³-hybridized carbons (Fsp3) is 0.286. The summed E-state index contributed by atoms with van der Waals surface area (Å²) in [5, 5.41) is 3.10. The number of amides is 1. The average Bonchev–Trinajstić information content (AvgIpc) is 3.37. The molecule has 2 aliphatic rings. The Morgan fingerprint density at radius 3 is 2.96 bits per heavy atom. The summed E-state index contributed by atoms with van der Waals surface area (Å²) < 4.78 is 2.23. The zero-order valence-corrected chi connectivity index (χ0v) is 14.9. The van der Waals surface area contributed by atoms with E-state index < -0.39 is 0 Å². The number of H-pyrrole nitrogens is 1. The van der Waals surface area contributed by atoms with Crippen molar-refractivity contribution >= 4 is 5.91 Å². The molecule has 1 amide bonds. The first-order valence-electron chi connectivity index (χ1n) is 9.36. The van der Waals surface area contributed by atoms with Crippen LogP contribution in [-0.2, 0) is 19.4 Å². The highest BCUT2D eigenvalue weighted by Crippen LogP contribution is 2.35. The van der Waals surface area contributed by atoms with Crippen LogP contribution in [0.3, 0.4) is 0 Å². The highest BCUT2D eigenvalue weighted by Gasteiger charge is 2.25. The molecule has 0 saturated heterocycles. The second-order valence-corrected chi connectivity index (χ2v) is 7.26. The largest absolute Gasteiger partial charge is 0.345 e. The van der Waals surface area contributed by atoms with E-state index in [0.29, 0.717) is 5.56 Å². The molecule has 136 valence electrons. The molecule has 1 aliphatic carbocycles. The zero-order chi connectivity index (χ0) is 18.4. The molecule has 5 rings (SSSR count). The summed E-state index contributed by atoms with van der Waals surface area (Å²) in [4.78, 5) is 31.0. The summed E-state index contributed by atoms with van der Waals surface area (Å²) in [5.74, 6) is 0.990. The molecule has 27 heavy (non-hydrogen) atoms. The van der Waals surface area contributed by atoms with Crippen LogP contribution in [0.4, 0.5) is 0 Å². The summed E-state index contributed by atoms with van der Waals surface area (Å²) in [7, 11) is 0. The van der Waals surface area contributed by atoms with Gasteiger partial charge in [-0.1, -0.05) is 12.1 Å². The number of carbonyl (C=O) groups excluding carboxylic acids is 1. The minimum atomic E-state index is -0.214. The molecule has 2 aromatic heterocycles. The monoisotopic (exact) mass is 360 g/mol. The van der Waals surface area contributed by atoms with Crippen molar-refractivity contribution < 1.29 is 4.79 Å². The molecule has 0 radical (unpaired) electrons. The predicted octanol–water partition coefficient (Wildman–Crippen LogP) is 2.60. The molecule has 1 aromatic carbocycles. The Kier molecular flexibility index (Phi) is 3.70. The maximum Gasteiger partial charge on any atom is 0.253 e. The molecule has 0 spiro atoms. The molecular formula is C21H20N4O2. The fourth-order valence-electron chi connectivity index (χ4n) is 4.10. The normalized spacial score (nSPS) is 17.6. The van der Waals surface area contributed by atoms with Gasteiger partial charge in [0.25, 0.3) is 5.91 Å². The topological polar surface area (TPSA) is 79.8 Å². The number of hydrogen-bond donors (Lipinski definition) is 2. The summed E-state index contributed by atoms with van der Waals surface area (Å²) >= 11 is 0. The number of nitrogens with one attached hydrogen (secondary N) is 2. The van der Waals surface area contributed by atoms with Gasteiger partial charge >= 0.3 is 0 Å². The smallest absolute Gasteiger partial charge is 0.253 e. The van der Waals surface area contributed by atoms with E-state index >= 15 is 0 Å². The van der Waals surface area contributed by atoms with E-state index in [0.717, 1.165) is 42.9 Å². The molecule has 3 heterocycles. The predicted molar refractivity (Wildman–Crippen MR) is 102 cm³/mol. The number of fused-ring (bicyclic) bond motifs is 2. The number of aryl methyl sites for hydroxylation is 3. The molecule has 1 unspecified atom stereocenters. The van der Waals surface area contributed by atoms with Gasteiger partial charge in [0, 0.05) is 37.0 Å². The van der Waals surface area contributed by atoms with E-state index in [1.807, 2.05) is 0 Å². The molecule has 0 saturated carbocycles. The Morgan fingerprint density at radius 1 is 1.22 bits per heavy atom. The van der Waals surface area contributed by atoms with E-state index in [1.54, 1.807) is 6.07 Å². The lowest BCUT2D eigenvalue weighted by atomic mass is 10.0. The Morgan fingerprint density at radius 2 is 2.15 bits per heavy atom. The van der Waals surface area contributed by atoms with Gasteiger partial charge in [0.15, 0.2) is 0 Å². The van der Waals surface area contributed by atoms with Gasteiger partial charge in [-0.3, -0.25) is 9.59 Å². The summed E-state index contributed by atoms with van der Waals surface area (Å²) in [6.07, 6.45) is 7.64. The lowest BCUT2D eigenvalue weighted by molar-refractivity contribution is 0.0936. The van der Waals surface area contributed by atoms with Crippen molar-refractivity contribution in [3.05, 3.63) is 75.6 Å². The second kappa shape index (κ2) is 6.23. The molecule has 6 heteroatoms. The minimum absolute atomic E-state index is 0.0196. The standard InChI is InChI=1S/C21H20N4O2/c26-20-8-6-15(11-22-20)21(27)24-17-7-5-13-3-4-14(10-16(13)17)18-12-25-9-1-2-19(25)23-18/h3-4,6,8,10-12,17H,1-2,5,7,9H2,(H,22,26)(H,24,27). The van der Waals surface area contributed by atoms with Gasteiger partial charge in [-0.05, 0) is 42.5 Å². The first-order chi connectivity index (χ1) is 13.2. The van der Waals surface area contributed by atoms with Crippen molar-refractivity contribution in [2.24, 2.45) is 0 Å². The van der Waals surface area contributed by atoms with Gasteiger partial charge in [0.05, 0.1) is 17.3 Å². The highest BCUT2D eigenvalue weighted by atomic mass is 16.2. The molecule has 3 aromatic rings. The van der Waals surface area contributed by atoms with Gasteiger partial charge in [-0.25, -0.2) is 4.98 Å². The summed E-state index contributed by atoms with van der Waals surface area (Å²) in [6.45, 7) is 1.05. The van der Waals surface area contributed by atoms with Crippen LogP contribution in [0.5, 0.6) is 0 Å². The van der Waals surface area contributed by atoms with Crippen LogP contribution in [-0.4, -0.2) is 20.4 Å². The summed E-state index contributed by atoms with van der Waals surface area (Å²) in [6, 6.07) is 9.34. The van der Waals surface area contributed by atoms with Crippen LogP contribution in [0.1, 0.15) is 46.2 Å². The van der Waals surface area contributed by atoms with Gasteiger partial charge in [0.1, 0.15) is 5.82 Å². The zero-order valence-electron chi connectivity index (χ0n) is 14.9. The number of imidazole rings is 1. The number of aromatic nitrogens is 3. The number of benzene rings is 1. The lowest BCUT2D eigenvalue weighted by Gasteiger charge is -2.15. The van der Waals surface area contributed by atoms with E-state index in [9.17, 15) is 9.59 Å². The first-order valence-corrected chi connectivity index (χ1v) is 9.36. The molecule has 0 fully saturated rings. The molecule has 0 bridgehead atoms. The minimum Gasteiger partial charge on any atom is -0.345 e. The maximum absolute atomic E-state index is 12.5. The number of pyridine rings is 1. The maximum atomic E-state index is 12.5. The van der Waals surface area contributed by atoms with Gasteiger partial charge < -0.3 is 14.9 Å². The van der Waals surface area contributed by atoms with E-state index in [4.69, 9.17) is 4.98 Å². The Balaban J connectivity index is 1.41. The number of carbonyl (C=O) groups is 1. The van der Waals surface area contributed by atoms with Crippen molar-refractivity contribution in [1.82, 2.24) is 19.9 Å². The number of rotatable bonds is 3. The molecular weight excluding hydrogens is 340 g/mol. The molecule has 6 nitrogen and oxygen atoms in total. The van der Waals surface area contributed by atoms with Crippen LogP contribution < -0.4 is 10.9 Å². The SMILES string of the molecule is O=C(NC1CCc2ccc(-c3cn4c(n3)CCC4)cc21)c1ccc(=O)[nH]c1. The van der Waals surface area contributed by atoms with Crippen molar-refractivity contribution in [3.63, 3.8) is 0 Å². The molecule has 1 atom stereocenters. The number of nitrogens with zero attached hydrogens (tertiary/aromatic N) is 2. The summed E-state index contributed by atoms with van der Waals surface area (Å²) in [5.41, 5.74) is 4.79. The highest BCUT2D eigenvalue weighted by molar-refractivity contribution is 5.94. The van der Waals surface area contributed by atoms with E-state index in [-0.39, 0.29) is 17.5 Å². The van der Waals surface area contributed by atoms with E-state index in [1.165, 1.54) is 29.8 Å². The quantitative estimate of drug-likeness (QED) is 0.753. The second-order valence-electron chi connectivity index (χ2n) is 7.26. The van der Waals surface area contributed by atoms with Crippen LogP contribution in [0.2, 0.25) is 0 Å². The van der Waals surface area contributed by atoms with Crippen LogP contribution >= 0.6 is 0 Å². The van der Waals surface area contributed by atoms with E-state index in [2.05, 4.69) is 39.3 Å². The van der Waals surface area contributed by atoms with Gasteiger partial charge in [-0.2, -0.15) is 0 Å². The number of hydrogen-bond acceptors (Lipinski definition) is 3. The van der Waals surface area contributed by atoms with Crippen molar-refractivity contribution in [2.45, 2.75) is 38.3 Å². The van der Waals surface area contributed by atoms with Crippen LogP contribution in [0.15, 0.2) is 47.5 Å². The van der Waals surface area contributed by atoms with Crippen molar-refractivity contribution in [2.75, 3.05) is 0 Å². The average molecular weight is 360 g/mol. The Labute approximate surface area is 156 Å². The fourth-order valence-corrected chi connectivity index (χ4v) is 4.10.